The van der Waals surface area contributed by atoms with Gasteiger partial charge >= 0.3 is 12.1 Å². The number of nitrogens with one attached hydrogen (secondary N) is 1. The Morgan fingerprint density at radius 3 is 2.90 bits per heavy atom. The topological polar surface area (TPSA) is 144 Å². The minimum absolute atomic E-state index is 0.00556. The molecule has 0 spiro atoms. The molecule has 252 valence electrons. The van der Waals surface area contributed by atoms with Crippen molar-refractivity contribution in [2.45, 2.75) is 50.4 Å². The van der Waals surface area contributed by atoms with Crippen molar-refractivity contribution in [3.05, 3.63) is 41.0 Å². The molecule has 3 aliphatic rings. The van der Waals surface area contributed by atoms with Crippen molar-refractivity contribution in [2.24, 2.45) is 0 Å². The van der Waals surface area contributed by atoms with Gasteiger partial charge in [-0.3, -0.25) is 10.2 Å². The van der Waals surface area contributed by atoms with Gasteiger partial charge in [0.2, 0.25) is 0 Å². The summed E-state index contributed by atoms with van der Waals surface area (Å²) in [5.41, 5.74) is -1.33. The van der Waals surface area contributed by atoms with E-state index in [4.69, 9.17) is 14.5 Å². The molecule has 3 N–H and O–H groups in total. The number of fused-ring (bicyclic) bond motifs is 3. The first-order valence-corrected chi connectivity index (χ1v) is 16.4. The van der Waals surface area contributed by atoms with Gasteiger partial charge in [-0.25, -0.2) is 18.0 Å². The molecule has 11 nitrogen and oxygen atoms in total. The Hall–Kier alpha value is -4.23. The number of alkyl halides is 1. The predicted octanol–water partition coefficient (Wildman–Crippen LogP) is 5.60. The number of halogens is 3. The quantitative estimate of drug-likeness (QED) is 0.235. The third-order valence-electron chi connectivity index (χ3n) is 9.46. The van der Waals surface area contributed by atoms with Crippen molar-refractivity contribution >= 4 is 49.2 Å². The van der Waals surface area contributed by atoms with Crippen LogP contribution in [0.25, 0.3) is 32.1 Å². The molecule has 0 saturated carbocycles. The SMILES string of the molecule is Cc1cc2c(N3CCOC[C@@](C)(O)C3)nc(OC[C@@]34CCCN3C[C@H](F)C4)nc2c(F)c1-c1ccc(F)c2sc(NC(=O)O)c(C#N)c12. The van der Waals surface area contributed by atoms with Crippen LogP contribution < -0.4 is 15.0 Å². The maximum Gasteiger partial charge on any atom is 0.409 e. The van der Waals surface area contributed by atoms with Crippen LogP contribution in [0.5, 0.6) is 6.01 Å². The van der Waals surface area contributed by atoms with Crippen LogP contribution in [-0.2, 0) is 4.74 Å². The van der Waals surface area contributed by atoms with Crippen LogP contribution >= 0.6 is 11.3 Å². The number of hydrogen-bond donors (Lipinski definition) is 3. The Kier molecular flexibility index (Phi) is 8.10. The Labute approximate surface area is 277 Å². The van der Waals surface area contributed by atoms with Crippen LogP contribution in [0.2, 0.25) is 0 Å². The number of benzene rings is 2. The van der Waals surface area contributed by atoms with Crippen LogP contribution in [0.4, 0.5) is 28.8 Å². The molecule has 3 aliphatic heterocycles. The Morgan fingerprint density at radius 1 is 1.31 bits per heavy atom. The monoisotopic (exact) mass is 682 g/mol. The van der Waals surface area contributed by atoms with Gasteiger partial charge in [0.1, 0.15) is 46.6 Å². The van der Waals surface area contributed by atoms with E-state index in [2.05, 4.69) is 15.2 Å². The van der Waals surface area contributed by atoms with Gasteiger partial charge in [-0.05, 0) is 56.5 Å². The predicted molar refractivity (Wildman–Crippen MR) is 174 cm³/mol. The maximum atomic E-state index is 17.1. The summed E-state index contributed by atoms with van der Waals surface area (Å²) in [5.74, 6) is -1.15. The second kappa shape index (κ2) is 12.0. The molecular formula is C33H33F3N6O5S. The van der Waals surface area contributed by atoms with Crippen LogP contribution in [0.1, 0.15) is 37.3 Å². The molecule has 1 amide bonds. The molecule has 3 atom stereocenters. The highest BCUT2D eigenvalue weighted by Crippen LogP contribution is 2.46. The molecule has 48 heavy (non-hydrogen) atoms. The molecule has 0 radical (unpaired) electrons. The normalized spacial score (nSPS) is 24.5. The highest BCUT2D eigenvalue weighted by Gasteiger charge is 2.49. The van der Waals surface area contributed by atoms with Crippen molar-refractivity contribution in [2.75, 3.05) is 56.2 Å². The van der Waals surface area contributed by atoms with E-state index in [0.29, 0.717) is 36.3 Å². The average molecular weight is 683 g/mol. The standard InChI is InChI=1S/C33H33F3N6O5S/c1-17-10-20-26(25(36)23(17)19-4-5-22(35)27-24(19)21(12-37)29(48-27)40-31(43)44)38-30(39-28(20)41-8-9-46-15-32(2,45)14-41)47-16-33-6-3-7-42(33)13-18(34)11-33/h4-5,10,18,40,45H,3,6-9,11,13-16H2,1-2H3,(H,43,44)/t18-,32+,33+/m1/s1. The molecule has 0 aliphatic carbocycles. The zero-order valence-corrected chi connectivity index (χ0v) is 27.1. The number of aryl methyl sites for hydroxylation is 1. The van der Waals surface area contributed by atoms with E-state index in [-0.39, 0.29) is 69.7 Å². The lowest BCUT2D eigenvalue weighted by atomic mass is 9.93. The number of nitriles is 1. The Morgan fingerprint density at radius 2 is 2.12 bits per heavy atom. The lowest BCUT2D eigenvalue weighted by molar-refractivity contribution is -0.0123. The number of amides is 1. The number of β-amino-alcohol motifs (C(OH)–C–C–N with tert-alkyl or cyclic N) is 1. The third-order valence-corrected chi connectivity index (χ3v) is 10.6. The largest absolute Gasteiger partial charge is 0.465 e. The summed E-state index contributed by atoms with van der Waals surface area (Å²) < 4.78 is 58.5. The lowest BCUT2D eigenvalue weighted by Crippen LogP contribution is -2.44. The van der Waals surface area contributed by atoms with Gasteiger partial charge < -0.3 is 24.6 Å². The van der Waals surface area contributed by atoms with Crippen molar-refractivity contribution in [3.63, 3.8) is 0 Å². The molecule has 0 bridgehead atoms. The molecule has 7 rings (SSSR count). The van der Waals surface area contributed by atoms with Gasteiger partial charge in [0.05, 0.1) is 35.6 Å². The summed E-state index contributed by atoms with van der Waals surface area (Å²) in [5, 5.41) is 32.8. The van der Waals surface area contributed by atoms with E-state index in [0.717, 1.165) is 36.8 Å². The van der Waals surface area contributed by atoms with Gasteiger partial charge in [0.25, 0.3) is 0 Å². The molecule has 0 unspecified atom stereocenters. The van der Waals surface area contributed by atoms with E-state index in [1.807, 2.05) is 6.07 Å². The van der Waals surface area contributed by atoms with Crippen molar-refractivity contribution in [1.29, 1.82) is 5.26 Å². The fourth-order valence-electron chi connectivity index (χ4n) is 7.46. The van der Waals surface area contributed by atoms with Crippen LogP contribution in [0.3, 0.4) is 0 Å². The van der Waals surface area contributed by atoms with Gasteiger partial charge in [0.15, 0.2) is 5.82 Å². The third kappa shape index (κ3) is 5.56. The summed E-state index contributed by atoms with van der Waals surface area (Å²) >= 11 is 0.748. The fraction of sp³-hybridized carbons (Fsp3) is 0.455. The van der Waals surface area contributed by atoms with Crippen LogP contribution in [-0.4, -0.2) is 94.5 Å². The Balaban J connectivity index is 1.41. The van der Waals surface area contributed by atoms with Crippen molar-refractivity contribution < 1.29 is 37.7 Å². The summed E-state index contributed by atoms with van der Waals surface area (Å²) in [6.45, 7) is 5.34. The fourth-order valence-corrected chi connectivity index (χ4v) is 8.53. The number of thiophene rings is 1. The summed E-state index contributed by atoms with van der Waals surface area (Å²) in [7, 11) is 0. The second-order valence-electron chi connectivity index (χ2n) is 13.1. The number of aromatic nitrogens is 2. The average Bonchev–Trinajstić information content (AvgIpc) is 3.63. The molecule has 5 heterocycles. The number of carboxylic acid groups (broad SMARTS) is 1. The molecule has 3 fully saturated rings. The van der Waals surface area contributed by atoms with Gasteiger partial charge in [-0.15, -0.1) is 11.3 Å². The van der Waals surface area contributed by atoms with Crippen molar-refractivity contribution in [3.8, 4) is 23.2 Å². The van der Waals surface area contributed by atoms with E-state index in [1.54, 1.807) is 24.8 Å². The number of aliphatic hydroxyl groups is 1. The van der Waals surface area contributed by atoms with Gasteiger partial charge in [-0.1, -0.05) is 6.07 Å². The van der Waals surface area contributed by atoms with E-state index >= 15 is 8.78 Å². The molecule has 15 heteroatoms. The van der Waals surface area contributed by atoms with Gasteiger partial charge in [0, 0.05) is 35.8 Å². The van der Waals surface area contributed by atoms with Crippen LogP contribution in [0, 0.1) is 29.9 Å². The second-order valence-corrected chi connectivity index (χ2v) is 14.1. The number of hydrogen-bond acceptors (Lipinski definition) is 10. The zero-order chi connectivity index (χ0) is 34.0. The van der Waals surface area contributed by atoms with Gasteiger partial charge in [-0.2, -0.15) is 15.2 Å². The van der Waals surface area contributed by atoms with Crippen LogP contribution in [0.15, 0.2) is 18.2 Å². The minimum Gasteiger partial charge on any atom is -0.465 e. The lowest BCUT2D eigenvalue weighted by Gasteiger charge is -2.31. The summed E-state index contributed by atoms with van der Waals surface area (Å²) in [6.07, 6.45) is -0.429. The number of anilines is 2. The van der Waals surface area contributed by atoms with Crippen molar-refractivity contribution in [1.82, 2.24) is 14.9 Å². The number of rotatable bonds is 6. The zero-order valence-electron chi connectivity index (χ0n) is 26.3. The summed E-state index contributed by atoms with van der Waals surface area (Å²) in [4.78, 5) is 24.6. The van der Waals surface area contributed by atoms with E-state index < -0.39 is 35.0 Å². The molecule has 3 saturated heterocycles. The van der Waals surface area contributed by atoms with E-state index in [1.165, 1.54) is 6.07 Å². The molecule has 2 aromatic carbocycles. The number of carbonyl (C=O) groups is 1. The highest BCUT2D eigenvalue weighted by molar-refractivity contribution is 7.23. The smallest absolute Gasteiger partial charge is 0.409 e. The molecular weight excluding hydrogens is 649 g/mol. The minimum atomic E-state index is -1.43. The summed E-state index contributed by atoms with van der Waals surface area (Å²) in [6, 6.07) is 6.03. The Bertz CT molecular complexity index is 2000. The van der Waals surface area contributed by atoms with E-state index in [9.17, 15) is 24.7 Å². The number of nitrogens with zero attached hydrogens (tertiary/aromatic N) is 5. The first-order chi connectivity index (χ1) is 22.9. The highest BCUT2D eigenvalue weighted by atomic mass is 32.1. The first-order valence-electron chi connectivity index (χ1n) is 15.6. The maximum absolute atomic E-state index is 17.1. The number of ether oxygens (including phenoxy) is 2. The molecule has 4 aromatic rings. The molecule has 2 aromatic heterocycles. The first kappa shape index (κ1) is 32.3.